The minimum Gasteiger partial charge on any atom is -0.356 e. The van der Waals surface area contributed by atoms with Gasteiger partial charge in [-0.15, -0.1) is 0 Å². The van der Waals surface area contributed by atoms with Gasteiger partial charge in [-0.1, -0.05) is 35.0 Å². The van der Waals surface area contributed by atoms with Crippen LogP contribution in [0, 0.1) is 6.92 Å². The fraction of sp³-hybridized carbons (Fsp3) is 0.286. The second kappa shape index (κ2) is 5.64. The van der Waals surface area contributed by atoms with Gasteiger partial charge < -0.3 is 14.8 Å². The van der Waals surface area contributed by atoms with E-state index < -0.39 is 0 Å². The molecule has 0 aliphatic carbocycles. The molecule has 104 valence electrons. The highest BCUT2D eigenvalue weighted by Crippen LogP contribution is 2.26. The molecule has 0 aliphatic heterocycles. The van der Waals surface area contributed by atoms with Crippen LogP contribution in [0.25, 0.3) is 10.9 Å². The van der Waals surface area contributed by atoms with Gasteiger partial charge in [0.2, 0.25) is 5.89 Å². The molecule has 0 aliphatic rings. The largest absolute Gasteiger partial charge is 0.356 e. The highest BCUT2D eigenvalue weighted by Gasteiger charge is 2.08. The number of H-pyrrole nitrogens is 1. The van der Waals surface area contributed by atoms with E-state index in [-0.39, 0.29) is 0 Å². The molecule has 0 amide bonds. The lowest BCUT2D eigenvalue weighted by Crippen LogP contribution is -2.17. The van der Waals surface area contributed by atoms with Gasteiger partial charge in [-0.05, 0) is 6.07 Å². The molecule has 0 fully saturated rings. The summed E-state index contributed by atoms with van der Waals surface area (Å²) in [4.78, 5) is 7.48. The predicted octanol–water partition coefficient (Wildman–Crippen LogP) is 2.85. The van der Waals surface area contributed by atoms with Crippen LogP contribution in [0.1, 0.15) is 17.4 Å². The Morgan fingerprint density at radius 3 is 2.95 bits per heavy atom. The number of hydrogen-bond donors (Lipinski definition) is 2. The Balaban J connectivity index is 1.58. The van der Waals surface area contributed by atoms with Crippen molar-refractivity contribution in [2.75, 3.05) is 6.54 Å². The summed E-state index contributed by atoms with van der Waals surface area (Å²) in [7, 11) is 0. The lowest BCUT2D eigenvalue weighted by molar-refractivity contribution is 0.387. The SMILES string of the molecule is Cc1nc(CCNCc2[nH]c3ccccc3c2Cl)no1. The van der Waals surface area contributed by atoms with Crippen LogP contribution in [0.4, 0.5) is 0 Å². The van der Waals surface area contributed by atoms with Crippen LogP contribution in [0.2, 0.25) is 5.02 Å². The summed E-state index contributed by atoms with van der Waals surface area (Å²) in [6.45, 7) is 3.24. The molecule has 2 heterocycles. The molecular weight excluding hydrogens is 276 g/mol. The highest BCUT2D eigenvalue weighted by molar-refractivity contribution is 6.36. The average Bonchev–Trinajstić information content (AvgIpc) is 3.00. The Morgan fingerprint density at radius 2 is 2.20 bits per heavy atom. The summed E-state index contributed by atoms with van der Waals surface area (Å²) in [6, 6.07) is 8.01. The number of nitrogens with zero attached hydrogens (tertiary/aromatic N) is 2. The summed E-state index contributed by atoms with van der Waals surface area (Å²) in [6.07, 6.45) is 0.731. The molecule has 0 bridgehead atoms. The molecule has 0 spiro atoms. The van der Waals surface area contributed by atoms with Crippen molar-refractivity contribution >= 4 is 22.5 Å². The maximum atomic E-state index is 6.35. The summed E-state index contributed by atoms with van der Waals surface area (Å²) in [5, 5.41) is 9.01. The minimum atomic E-state index is 0.596. The second-order valence-corrected chi connectivity index (χ2v) is 5.00. The van der Waals surface area contributed by atoms with E-state index in [0.29, 0.717) is 12.4 Å². The first-order chi connectivity index (χ1) is 9.74. The number of aromatic amines is 1. The number of nitrogens with one attached hydrogen (secondary N) is 2. The number of fused-ring (bicyclic) bond motifs is 1. The zero-order valence-corrected chi connectivity index (χ0v) is 11.9. The van der Waals surface area contributed by atoms with Crippen LogP contribution in [0.15, 0.2) is 28.8 Å². The van der Waals surface area contributed by atoms with Crippen molar-refractivity contribution in [3.05, 3.63) is 46.7 Å². The van der Waals surface area contributed by atoms with Crippen molar-refractivity contribution in [3.63, 3.8) is 0 Å². The number of rotatable bonds is 5. The molecule has 0 atom stereocenters. The fourth-order valence-electron chi connectivity index (χ4n) is 2.14. The van der Waals surface area contributed by atoms with E-state index in [1.165, 1.54) is 0 Å². The van der Waals surface area contributed by atoms with Crippen molar-refractivity contribution < 1.29 is 4.52 Å². The van der Waals surface area contributed by atoms with Crippen LogP contribution >= 0.6 is 11.6 Å². The van der Waals surface area contributed by atoms with Crippen molar-refractivity contribution in [2.45, 2.75) is 19.9 Å². The van der Waals surface area contributed by atoms with Gasteiger partial charge in [0.25, 0.3) is 0 Å². The van der Waals surface area contributed by atoms with Crippen molar-refractivity contribution in [1.82, 2.24) is 20.4 Å². The van der Waals surface area contributed by atoms with Gasteiger partial charge in [-0.25, -0.2) is 0 Å². The molecule has 0 saturated heterocycles. The quantitative estimate of drug-likeness (QED) is 0.709. The maximum Gasteiger partial charge on any atom is 0.223 e. The summed E-state index contributed by atoms with van der Waals surface area (Å²) >= 11 is 6.35. The zero-order valence-electron chi connectivity index (χ0n) is 11.1. The summed E-state index contributed by atoms with van der Waals surface area (Å²) < 4.78 is 4.92. The van der Waals surface area contributed by atoms with E-state index in [9.17, 15) is 0 Å². The van der Waals surface area contributed by atoms with Gasteiger partial charge in [0.15, 0.2) is 5.82 Å². The van der Waals surface area contributed by atoms with E-state index >= 15 is 0 Å². The van der Waals surface area contributed by atoms with Crippen LogP contribution < -0.4 is 5.32 Å². The lowest BCUT2D eigenvalue weighted by Gasteiger charge is -2.01. The highest BCUT2D eigenvalue weighted by atomic mass is 35.5. The summed E-state index contributed by atoms with van der Waals surface area (Å²) in [5.41, 5.74) is 2.06. The Kier molecular flexibility index (Phi) is 3.71. The lowest BCUT2D eigenvalue weighted by atomic mass is 10.2. The van der Waals surface area contributed by atoms with Gasteiger partial charge in [-0.2, -0.15) is 4.98 Å². The van der Waals surface area contributed by atoms with Gasteiger partial charge in [0.1, 0.15) is 0 Å². The first kappa shape index (κ1) is 13.1. The first-order valence-corrected chi connectivity index (χ1v) is 6.87. The Bertz CT molecular complexity index is 719. The Labute approximate surface area is 121 Å². The van der Waals surface area contributed by atoms with Crippen LogP contribution in [0.3, 0.4) is 0 Å². The van der Waals surface area contributed by atoms with Gasteiger partial charge in [0, 0.05) is 43.0 Å². The topological polar surface area (TPSA) is 66.7 Å². The minimum absolute atomic E-state index is 0.596. The number of benzene rings is 1. The normalized spacial score (nSPS) is 11.3. The first-order valence-electron chi connectivity index (χ1n) is 6.49. The van der Waals surface area contributed by atoms with E-state index in [0.717, 1.165) is 40.4 Å². The maximum absolute atomic E-state index is 6.35. The predicted molar refractivity (Wildman–Crippen MR) is 77.8 cm³/mol. The zero-order chi connectivity index (χ0) is 13.9. The molecule has 5 nitrogen and oxygen atoms in total. The Morgan fingerprint density at radius 1 is 1.35 bits per heavy atom. The molecular formula is C14H15ClN4O. The van der Waals surface area contributed by atoms with Crippen molar-refractivity contribution in [1.29, 1.82) is 0 Å². The molecule has 6 heteroatoms. The number of aromatic nitrogens is 3. The second-order valence-electron chi connectivity index (χ2n) is 4.62. The molecule has 20 heavy (non-hydrogen) atoms. The fourth-order valence-corrected chi connectivity index (χ4v) is 2.42. The number of hydrogen-bond acceptors (Lipinski definition) is 4. The third-order valence-electron chi connectivity index (χ3n) is 3.11. The molecule has 1 aromatic carbocycles. The van der Waals surface area contributed by atoms with E-state index in [4.69, 9.17) is 16.1 Å². The molecule has 3 aromatic rings. The third kappa shape index (κ3) is 2.69. The molecule has 0 unspecified atom stereocenters. The molecule has 0 radical (unpaired) electrons. The standard InChI is InChI=1S/C14H15ClN4O/c1-9-17-13(19-20-9)6-7-16-8-12-14(15)10-4-2-3-5-11(10)18-12/h2-5,16,18H,6-8H2,1H3. The van der Waals surface area contributed by atoms with Gasteiger partial charge in [0.05, 0.1) is 5.02 Å². The van der Waals surface area contributed by atoms with E-state index in [1.807, 2.05) is 24.3 Å². The van der Waals surface area contributed by atoms with Crippen LogP contribution in [0.5, 0.6) is 0 Å². The number of halogens is 1. The van der Waals surface area contributed by atoms with Gasteiger partial charge >= 0.3 is 0 Å². The summed E-state index contributed by atoms with van der Waals surface area (Å²) in [5.74, 6) is 1.32. The van der Waals surface area contributed by atoms with E-state index in [2.05, 4.69) is 20.4 Å². The molecule has 0 saturated carbocycles. The van der Waals surface area contributed by atoms with Crippen LogP contribution in [-0.2, 0) is 13.0 Å². The molecule has 2 N–H and O–H groups in total. The van der Waals surface area contributed by atoms with E-state index in [1.54, 1.807) is 6.92 Å². The van der Waals surface area contributed by atoms with Crippen molar-refractivity contribution in [2.24, 2.45) is 0 Å². The van der Waals surface area contributed by atoms with Crippen molar-refractivity contribution in [3.8, 4) is 0 Å². The third-order valence-corrected chi connectivity index (χ3v) is 3.54. The smallest absolute Gasteiger partial charge is 0.223 e. The monoisotopic (exact) mass is 290 g/mol. The Hall–Kier alpha value is -1.85. The molecule has 2 aromatic heterocycles. The van der Waals surface area contributed by atoms with Crippen LogP contribution in [-0.4, -0.2) is 21.7 Å². The number of aryl methyl sites for hydroxylation is 1. The molecule has 3 rings (SSSR count). The van der Waals surface area contributed by atoms with Gasteiger partial charge in [-0.3, -0.25) is 0 Å². The number of para-hydroxylation sites is 1. The average molecular weight is 291 g/mol.